The minimum Gasteiger partial charge on any atom is -0.459 e. The Morgan fingerprint density at radius 3 is 2.38 bits per heavy atom. The van der Waals surface area contributed by atoms with E-state index in [0.29, 0.717) is 12.3 Å². The smallest absolute Gasteiger partial charge is 0.417 e. The summed E-state index contributed by atoms with van der Waals surface area (Å²) in [5, 5.41) is 8.61. The van der Waals surface area contributed by atoms with Crippen molar-refractivity contribution >= 4 is 17.6 Å². The van der Waals surface area contributed by atoms with E-state index in [0.717, 1.165) is 0 Å². The van der Waals surface area contributed by atoms with Crippen LogP contribution in [0.1, 0.15) is 37.9 Å². The third-order valence-corrected chi connectivity index (χ3v) is 2.54. The molecule has 0 aliphatic rings. The van der Waals surface area contributed by atoms with Crippen LogP contribution in [-0.4, -0.2) is 16.6 Å². The largest absolute Gasteiger partial charge is 0.459 e. The molecule has 114 valence electrons. The lowest BCUT2D eigenvalue weighted by Gasteiger charge is -2.21. The zero-order valence-corrected chi connectivity index (χ0v) is 12.2. The molecule has 0 radical (unpaired) electrons. The van der Waals surface area contributed by atoms with Crippen LogP contribution in [0, 0.1) is 11.3 Å². The SMILES string of the molecule is CC(C)(C)OC(=O)[C@@H](C#N)c1ncc(C(F)(F)F)cc1Cl. The first-order chi connectivity index (χ1) is 9.45. The van der Waals surface area contributed by atoms with Gasteiger partial charge in [-0.1, -0.05) is 11.6 Å². The van der Waals surface area contributed by atoms with Crippen molar-refractivity contribution in [1.82, 2.24) is 4.98 Å². The van der Waals surface area contributed by atoms with Crippen molar-refractivity contribution in [2.45, 2.75) is 38.5 Å². The van der Waals surface area contributed by atoms with E-state index in [1.54, 1.807) is 26.8 Å². The van der Waals surface area contributed by atoms with Gasteiger partial charge in [-0.15, -0.1) is 0 Å². The van der Waals surface area contributed by atoms with Crippen LogP contribution in [0.2, 0.25) is 5.02 Å². The third kappa shape index (κ3) is 4.60. The molecule has 8 heteroatoms. The summed E-state index contributed by atoms with van der Waals surface area (Å²) in [6.07, 6.45) is -4.08. The second-order valence-corrected chi connectivity index (χ2v) is 5.59. The number of halogens is 4. The maximum atomic E-state index is 12.5. The number of hydrogen-bond acceptors (Lipinski definition) is 4. The molecule has 0 aliphatic heterocycles. The molecule has 0 saturated heterocycles. The number of nitriles is 1. The van der Waals surface area contributed by atoms with Crippen LogP contribution < -0.4 is 0 Å². The van der Waals surface area contributed by atoms with Crippen molar-refractivity contribution in [1.29, 1.82) is 5.26 Å². The maximum absolute atomic E-state index is 12.5. The van der Waals surface area contributed by atoms with Crippen LogP contribution in [0.5, 0.6) is 0 Å². The quantitative estimate of drug-likeness (QED) is 0.779. The Labute approximate surface area is 124 Å². The van der Waals surface area contributed by atoms with E-state index >= 15 is 0 Å². The zero-order chi connectivity index (χ0) is 16.4. The van der Waals surface area contributed by atoms with Crippen LogP contribution in [0.15, 0.2) is 12.3 Å². The minimum absolute atomic E-state index is 0.263. The van der Waals surface area contributed by atoms with Gasteiger partial charge in [0.2, 0.25) is 0 Å². The average Bonchev–Trinajstić information content (AvgIpc) is 2.28. The van der Waals surface area contributed by atoms with E-state index < -0.39 is 34.3 Å². The molecule has 0 amide bonds. The average molecular weight is 321 g/mol. The number of hydrogen-bond donors (Lipinski definition) is 0. The molecule has 0 bridgehead atoms. The number of carbonyl (C=O) groups excluding carboxylic acids is 1. The van der Waals surface area contributed by atoms with Gasteiger partial charge in [-0.2, -0.15) is 18.4 Å². The fraction of sp³-hybridized carbons (Fsp3) is 0.462. The van der Waals surface area contributed by atoms with Crippen molar-refractivity contribution in [3.63, 3.8) is 0 Å². The Hall–Kier alpha value is -1.81. The van der Waals surface area contributed by atoms with Gasteiger partial charge >= 0.3 is 12.1 Å². The van der Waals surface area contributed by atoms with E-state index in [9.17, 15) is 18.0 Å². The molecule has 0 aliphatic carbocycles. The Balaban J connectivity index is 3.14. The number of pyridine rings is 1. The zero-order valence-electron chi connectivity index (χ0n) is 11.5. The highest BCUT2D eigenvalue weighted by atomic mass is 35.5. The minimum atomic E-state index is -4.61. The van der Waals surface area contributed by atoms with Crippen LogP contribution in [0.3, 0.4) is 0 Å². The number of aromatic nitrogens is 1. The number of rotatable bonds is 2. The summed E-state index contributed by atoms with van der Waals surface area (Å²) in [5.74, 6) is -2.40. The van der Waals surface area contributed by atoms with Gasteiger partial charge in [0.15, 0.2) is 5.92 Å². The lowest BCUT2D eigenvalue weighted by molar-refractivity contribution is -0.155. The molecule has 0 saturated carbocycles. The van der Waals surface area contributed by atoms with Crippen molar-refractivity contribution in [2.24, 2.45) is 0 Å². The maximum Gasteiger partial charge on any atom is 0.417 e. The first-order valence-corrected chi connectivity index (χ1v) is 6.18. The van der Waals surface area contributed by atoms with E-state index in [1.807, 2.05) is 0 Å². The fourth-order valence-corrected chi connectivity index (χ4v) is 1.68. The van der Waals surface area contributed by atoms with Gasteiger partial charge in [-0.25, -0.2) is 0 Å². The van der Waals surface area contributed by atoms with Crippen molar-refractivity contribution < 1.29 is 22.7 Å². The second-order valence-electron chi connectivity index (χ2n) is 5.18. The number of alkyl halides is 3. The molecule has 1 aromatic rings. The highest BCUT2D eigenvalue weighted by Gasteiger charge is 2.34. The molecule has 1 rings (SSSR count). The predicted octanol–water partition coefficient (Wildman–Crippen LogP) is 3.70. The van der Waals surface area contributed by atoms with E-state index in [4.69, 9.17) is 21.6 Å². The lowest BCUT2D eigenvalue weighted by atomic mass is 10.1. The number of nitrogens with zero attached hydrogens (tertiary/aromatic N) is 2. The van der Waals surface area contributed by atoms with Gasteiger partial charge in [0.25, 0.3) is 0 Å². The van der Waals surface area contributed by atoms with Gasteiger partial charge < -0.3 is 4.74 Å². The molecule has 1 heterocycles. The summed E-state index contributed by atoms with van der Waals surface area (Å²) >= 11 is 5.70. The fourth-order valence-electron chi connectivity index (χ4n) is 1.40. The molecule has 1 aromatic heterocycles. The van der Waals surface area contributed by atoms with Gasteiger partial charge in [0.1, 0.15) is 5.60 Å². The predicted molar refractivity (Wildman–Crippen MR) is 68.4 cm³/mol. The monoisotopic (exact) mass is 320 g/mol. The summed E-state index contributed by atoms with van der Waals surface area (Å²) in [7, 11) is 0. The first kappa shape index (κ1) is 17.2. The van der Waals surface area contributed by atoms with Crippen LogP contribution in [0.25, 0.3) is 0 Å². The molecule has 0 aromatic carbocycles. The van der Waals surface area contributed by atoms with Gasteiger partial charge in [-0.05, 0) is 26.8 Å². The summed E-state index contributed by atoms with van der Waals surface area (Å²) in [5.41, 5.74) is -2.16. The normalized spacial score (nSPS) is 13.4. The van der Waals surface area contributed by atoms with Crippen molar-refractivity contribution in [2.75, 3.05) is 0 Å². The molecule has 0 unspecified atom stereocenters. The van der Waals surface area contributed by atoms with Crippen LogP contribution in [0.4, 0.5) is 13.2 Å². The van der Waals surface area contributed by atoms with Crippen LogP contribution in [-0.2, 0) is 15.7 Å². The molecule has 4 nitrogen and oxygen atoms in total. The molecular weight excluding hydrogens is 309 g/mol. The summed E-state index contributed by atoms with van der Waals surface area (Å²) in [6, 6.07) is 2.26. The molecular formula is C13H12ClF3N2O2. The Morgan fingerprint density at radius 2 is 2.00 bits per heavy atom. The highest BCUT2D eigenvalue weighted by Crippen LogP contribution is 2.33. The van der Waals surface area contributed by atoms with Gasteiger partial charge in [0, 0.05) is 6.20 Å². The van der Waals surface area contributed by atoms with E-state index in [-0.39, 0.29) is 5.69 Å². The second kappa shape index (κ2) is 5.90. The van der Waals surface area contributed by atoms with E-state index in [2.05, 4.69) is 4.98 Å². The molecule has 0 fully saturated rings. The summed E-state index contributed by atoms with van der Waals surface area (Å²) < 4.78 is 42.5. The summed E-state index contributed by atoms with van der Waals surface area (Å²) in [4.78, 5) is 15.4. The summed E-state index contributed by atoms with van der Waals surface area (Å²) in [6.45, 7) is 4.80. The third-order valence-electron chi connectivity index (χ3n) is 2.24. The molecule has 0 N–H and O–H groups in total. The lowest BCUT2D eigenvalue weighted by Crippen LogP contribution is -2.28. The number of ether oxygens (including phenoxy) is 1. The standard InChI is InChI=1S/C13H12ClF3N2O2/c1-12(2,3)21-11(20)8(5-18)10-9(14)4-7(6-19-10)13(15,16)17/h4,6,8H,1-3H3/t8-/m0/s1. The highest BCUT2D eigenvalue weighted by molar-refractivity contribution is 6.31. The molecule has 0 spiro atoms. The topological polar surface area (TPSA) is 63.0 Å². The van der Waals surface area contributed by atoms with Gasteiger partial charge in [0.05, 0.1) is 22.3 Å². The molecule has 21 heavy (non-hydrogen) atoms. The first-order valence-electron chi connectivity index (χ1n) is 5.81. The van der Waals surface area contributed by atoms with Crippen LogP contribution >= 0.6 is 11.6 Å². The Morgan fingerprint density at radius 1 is 1.43 bits per heavy atom. The van der Waals surface area contributed by atoms with Gasteiger partial charge in [-0.3, -0.25) is 9.78 Å². The van der Waals surface area contributed by atoms with Crippen molar-refractivity contribution in [3.8, 4) is 6.07 Å². The molecule has 1 atom stereocenters. The Bertz CT molecular complexity index is 589. The van der Waals surface area contributed by atoms with E-state index in [1.165, 1.54) is 0 Å². The number of carbonyl (C=O) groups is 1. The van der Waals surface area contributed by atoms with Crippen molar-refractivity contribution in [3.05, 3.63) is 28.5 Å². The Kier molecular flexibility index (Phi) is 4.84. The number of esters is 1.